The molecule has 5 aliphatic rings. The van der Waals surface area contributed by atoms with Gasteiger partial charge in [-0.25, -0.2) is 23.6 Å². The lowest BCUT2D eigenvalue weighted by Crippen LogP contribution is -2.61. The van der Waals surface area contributed by atoms with E-state index >= 15 is 0 Å². The summed E-state index contributed by atoms with van der Waals surface area (Å²) in [6.07, 6.45) is 8.90. The molecule has 5 fully saturated rings. The number of hydrogen-bond donors (Lipinski definition) is 1. The summed E-state index contributed by atoms with van der Waals surface area (Å²) in [7, 11) is 0. The Morgan fingerprint density at radius 3 is 2.55 bits per heavy atom. The fourth-order valence-electron chi connectivity index (χ4n) is 7.99. The van der Waals surface area contributed by atoms with Crippen LogP contribution in [0.15, 0.2) is 30.7 Å². The molecule has 1 aromatic heterocycles. The van der Waals surface area contributed by atoms with Crippen LogP contribution in [0.5, 0.6) is 11.5 Å². The lowest BCUT2D eigenvalue weighted by atomic mass is 9.72. The van der Waals surface area contributed by atoms with Gasteiger partial charge in [0.05, 0.1) is 43.2 Å². The van der Waals surface area contributed by atoms with E-state index in [0.717, 1.165) is 84.3 Å². The summed E-state index contributed by atoms with van der Waals surface area (Å²) < 4.78 is 56.0. The van der Waals surface area contributed by atoms with Crippen molar-refractivity contribution in [1.82, 2.24) is 29.2 Å². The second-order valence-corrected chi connectivity index (χ2v) is 15.3. The number of halogens is 1. The SMILES string of the molecule is CC(C)N(C(=O)c1cc(F)ccc1Oc1cncnc1N1CC2(CCN(C[C@@H]3CC[C@@H](N(N4CCC4)S(=O)O)CO3)CC2)C1)[C@H]1CCOC1. The first-order valence-electron chi connectivity index (χ1n) is 17.6. The van der Waals surface area contributed by atoms with Crippen LogP contribution < -0.4 is 9.64 Å². The molecule has 1 aromatic carbocycles. The lowest BCUT2D eigenvalue weighted by molar-refractivity contribution is -0.0996. The fourth-order valence-corrected chi connectivity index (χ4v) is 8.77. The van der Waals surface area contributed by atoms with E-state index in [0.29, 0.717) is 31.4 Å². The van der Waals surface area contributed by atoms with Gasteiger partial charge in [0.2, 0.25) is 11.3 Å². The molecule has 1 amide bonds. The molecule has 7 rings (SSSR count). The monoisotopic (exact) mass is 701 g/mol. The molecular formula is C34H48FN7O6S. The largest absolute Gasteiger partial charge is 0.451 e. The Labute approximate surface area is 290 Å². The highest BCUT2D eigenvalue weighted by molar-refractivity contribution is 7.76. The van der Waals surface area contributed by atoms with Gasteiger partial charge in [0.1, 0.15) is 17.9 Å². The number of benzene rings is 1. The van der Waals surface area contributed by atoms with Gasteiger partial charge in [-0.1, -0.05) is 0 Å². The number of carbonyl (C=O) groups excluding carboxylic acids is 1. The molecule has 0 aliphatic carbocycles. The van der Waals surface area contributed by atoms with Crippen molar-refractivity contribution in [2.24, 2.45) is 5.41 Å². The zero-order valence-corrected chi connectivity index (χ0v) is 29.2. The minimum Gasteiger partial charge on any atom is -0.451 e. The van der Waals surface area contributed by atoms with Gasteiger partial charge in [-0.2, -0.15) is 0 Å². The van der Waals surface area contributed by atoms with E-state index in [1.165, 1.54) is 24.5 Å². The van der Waals surface area contributed by atoms with Crippen molar-refractivity contribution in [3.63, 3.8) is 0 Å². The molecule has 0 radical (unpaired) electrons. The molecule has 0 bridgehead atoms. The second kappa shape index (κ2) is 14.8. The molecule has 1 N–H and O–H groups in total. The van der Waals surface area contributed by atoms with Crippen LogP contribution >= 0.6 is 0 Å². The number of hydrazine groups is 1. The maximum Gasteiger partial charge on any atom is 0.258 e. The number of anilines is 1. The first-order valence-corrected chi connectivity index (χ1v) is 18.7. The molecule has 1 spiro atoms. The van der Waals surface area contributed by atoms with E-state index in [4.69, 9.17) is 14.2 Å². The van der Waals surface area contributed by atoms with Crippen LogP contribution in [-0.4, -0.2) is 134 Å². The maximum atomic E-state index is 14.5. The Morgan fingerprint density at radius 1 is 1.12 bits per heavy atom. The molecule has 4 atom stereocenters. The number of hydrogen-bond acceptors (Lipinski definition) is 10. The predicted molar refractivity (Wildman–Crippen MR) is 181 cm³/mol. The third-order valence-electron chi connectivity index (χ3n) is 10.8. The summed E-state index contributed by atoms with van der Waals surface area (Å²) in [5.41, 5.74) is 0.357. The molecule has 5 saturated heterocycles. The van der Waals surface area contributed by atoms with Gasteiger partial charge in [-0.3, -0.25) is 9.35 Å². The van der Waals surface area contributed by atoms with E-state index in [9.17, 15) is 17.9 Å². The number of carbonyl (C=O) groups is 1. The number of likely N-dealkylation sites (tertiary alicyclic amines) is 1. The summed E-state index contributed by atoms with van der Waals surface area (Å²) in [4.78, 5) is 29.1. The van der Waals surface area contributed by atoms with Gasteiger partial charge < -0.3 is 28.9 Å². The van der Waals surface area contributed by atoms with Gasteiger partial charge in [-0.05, 0) is 83.7 Å². The second-order valence-electron chi connectivity index (χ2n) is 14.5. The highest BCUT2D eigenvalue weighted by Crippen LogP contribution is 2.45. The Bertz CT molecular complexity index is 1490. The van der Waals surface area contributed by atoms with Crippen LogP contribution in [0.1, 0.15) is 62.7 Å². The molecule has 49 heavy (non-hydrogen) atoms. The van der Waals surface area contributed by atoms with Crippen LogP contribution in [0.3, 0.4) is 0 Å². The highest BCUT2D eigenvalue weighted by atomic mass is 32.2. The number of piperidine rings is 1. The van der Waals surface area contributed by atoms with E-state index in [1.54, 1.807) is 15.5 Å². The van der Waals surface area contributed by atoms with Crippen LogP contribution in [0.2, 0.25) is 0 Å². The van der Waals surface area contributed by atoms with Crippen molar-refractivity contribution in [3.8, 4) is 11.5 Å². The topological polar surface area (TPSA) is 124 Å². The number of ether oxygens (including phenoxy) is 3. The molecule has 2 aromatic rings. The standard InChI is InChI=1S/C34H48FN7O6S/c1-24(2)41(26-8-15-46-19-26)33(43)29-16-25(35)4-7-30(29)48-31-17-36-23-37-32(31)39-21-34(22-39)9-13-38(14-10-34)18-28-6-5-27(20-47-28)42(49(44)45)40-11-3-12-40/h4,7,16-17,23-24,26-28H,3,5-6,8-15,18-22H2,1-2H3,(H,44,45)/t26-,27+,28-/m0/s1. The number of aromatic nitrogens is 2. The van der Waals surface area contributed by atoms with Crippen molar-refractivity contribution < 1.29 is 32.2 Å². The maximum absolute atomic E-state index is 14.5. The van der Waals surface area contributed by atoms with Crippen LogP contribution in [0, 0.1) is 11.2 Å². The van der Waals surface area contributed by atoms with Gasteiger partial charge in [-0.15, -0.1) is 4.41 Å². The highest BCUT2D eigenvalue weighted by Gasteiger charge is 2.46. The Balaban J connectivity index is 0.939. The number of nitrogens with zero attached hydrogens (tertiary/aromatic N) is 7. The minimum absolute atomic E-state index is 0.0551. The quantitative estimate of drug-likeness (QED) is 0.346. The van der Waals surface area contributed by atoms with Crippen molar-refractivity contribution in [3.05, 3.63) is 42.1 Å². The van der Waals surface area contributed by atoms with Crippen LogP contribution in [0.4, 0.5) is 10.2 Å². The Kier molecular flexibility index (Phi) is 10.5. The normalized spacial score (nSPS) is 26.5. The van der Waals surface area contributed by atoms with Crippen molar-refractivity contribution in [2.75, 3.05) is 70.5 Å². The smallest absolute Gasteiger partial charge is 0.258 e. The first-order chi connectivity index (χ1) is 23.7. The van der Waals surface area contributed by atoms with Gasteiger partial charge in [0.15, 0.2) is 11.6 Å². The van der Waals surface area contributed by atoms with Crippen molar-refractivity contribution >= 4 is 23.0 Å². The Morgan fingerprint density at radius 2 is 1.92 bits per heavy atom. The van der Waals surface area contributed by atoms with E-state index in [1.807, 2.05) is 18.9 Å². The molecule has 1 unspecified atom stereocenters. The fraction of sp³-hybridized carbons (Fsp3) is 0.676. The molecule has 13 nitrogen and oxygen atoms in total. The molecule has 5 aliphatic heterocycles. The molecule has 268 valence electrons. The van der Waals surface area contributed by atoms with Gasteiger partial charge >= 0.3 is 0 Å². The molecule has 0 saturated carbocycles. The zero-order valence-electron chi connectivity index (χ0n) is 28.4. The van der Waals surface area contributed by atoms with E-state index in [2.05, 4.69) is 19.8 Å². The average molecular weight is 702 g/mol. The minimum atomic E-state index is -2.02. The lowest BCUT2D eigenvalue weighted by Gasteiger charge is -2.54. The van der Waals surface area contributed by atoms with Gasteiger partial charge in [0.25, 0.3) is 5.91 Å². The van der Waals surface area contributed by atoms with E-state index in [-0.39, 0.29) is 46.9 Å². The summed E-state index contributed by atoms with van der Waals surface area (Å²) in [6.45, 7) is 11.6. The van der Waals surface area contributed by atoms with Crippen LogP contribution in [-0.2, 0) is 20.7 Å². The average Bonchev–Trinajstić information content (AvgIpc) is 3.58. The van der Waals surface area contributed by atoms with Crippen LogP contribution in [0.25, 0.3) is 0 Å². The molecular weight excluding hydrogens is 653 g/mol. The summed E-state index contributed by atoms with van der Waals surface area (Å²) >= 11 is -2.02. The molecule has 15 heteroatoms. The van der Waals surface area contributed by atoms with Gasteiger partial charge in [0, 0.05) is 50.8 Å². The summed E-state index contributed by atoms with van der Waals surface area (Å²) in [6, 6.07) is 3.83. The zero-order chi connectivity index (χ0) is 34.1. The third-order valence-corrected chi connectivity index (χ3v) is 11.7. The van der Waals surface area contributed by atoms with Crippen molar-refractivity contribution in [1.29, 1.82) is 0 Å². The molecule has 6 heterocycles. The number of amides is 1. The summed E-state index contributed by atoms with van der Waals surface area (Å²) in [5.74, 6) is 0.569. The summed E-state index contributed by atoms with van der Waals surface area (Å²) in [5, 5.41) is 1.96. The first kappa shape index (κ1) is 34.6. The van der Waals surface area contributed by atoms with Crippen molar-refractivity contribution in [2.45, 2.75) is 76.6 Å². The predicted octanol–water partition coefficient (Wildman–Crippen LogP) is 3.56. The third kappa shape index (κ3) is 7.48. The number of rotatable bonds is 11. The Hall–Kier alpha value is -2.79. The van der Waals surface area contributed by atoms with E-state index < -0.39 is 17.1 Å².